The van der Waals surface area contributed by atoms with E-state index >= 15 is 0 Å². The molecule has 0 atom stereocenters. The van der Waals surface area contributed by atoms with Crippen molar-refractivity contribution >= 4 is 12.0 Å². The lowest BCUT2D eigenvalue weighted by molar-refractivity contribution is -0.141. The predicted molar refractivity (Wildman–Crippen MR) is 86.8 cm³/mol. The Balaban J connectivity index is 1.59. The van der Waals surface area contributed by atoms with Crippen molar-refractivity contribution < 1.29 is 27.5 Å². The van der Waals surface area contributed by atoms with E-state index in [1.807, 2.05) is 30.3 Å². The molecule has 1 fully saturated rings. The van der Waals surface area contributed by atoms with Gasteiger partial charge in [0.1, 0.15) is 0 Å². The lowest BCUT2D eigenvalue weighted by atomic mass is 10.0. The van der Waals surface area contributed by atoms with E-state index in [1.165, 1.54) is 5.56 Å². The molecule has 0 saturated carbocycles. The third-order valence-electron chi connectivity index (χ3n) is 4.25. The number of carboxylic acids is 1. The van der Waals surface area contributed by atoms with Crippen LogP contribution in [0.5, 0.6) is 0 Å². The van der Waals surface area contributed by atoms with E-state index < -0.39 is 29.6 Å². The van der Waals surface area contributed by atoms with E-state index in [4.69, 9.17) is 9.52 Å². The molecule has 2 N–H and O–H groups in total. The minimum Gasteiger partial charge on any atom is -0.475 e. The third kappa shape index (κ3) is 4.34. The first-order valence-electron chi connectivity index (χ1n) is 8.17. The summed E-state index contributed by atoms with van der Waals surface area (Å²) in [5.74, 6) is -2.99. The molecule has 1 aliphatic heterocycles. The summed E-state index contributed by atoms with van der Waals surface area (Å²) in [6.07, 6.45) is -3.49. The molecule has 26 heavy (non-hydrogen) atoms. The summed E-state index contributed by atoms with van der Waals surface area (Å²) in [4.78, 5) is 16.5. The molecule has 3 rings (SSSR count). The fourth-order valence-electron chi connectivity index (χ4n) is 2.97. The predicted octanol–water partition coefficient (Wildman–Crippen LogP) is 3.47. The summed E-state index contributed by atoms with van der Waals surface area (Å²) in [7, 11) is 0. The summed E-state index contributed by atoms with van der Waals surface area (Å²) in [6.45, 7) is 2.35. The van der Waals surface area contributed by atoms with Gasteiger partial charge in [-0.25, -0.2) is 4.79 Å². The van der Waals surface area contributed by atoms with E-state index in [0.29, 0.717) is 12.8 Å². The highest BCUT2D eigenvalue weighted by molar-refractivity contribution is 5.86. The van der Waals surface area contributed by atoms with Gasteiger partial charge < -0.3 is 14.8 Å². The number of alkyl halides is 3. The molecule has 1 aromatic heterocycles. The van der Waals surface area contributed by atoms with Gasteiger partial charge in [-0.1, -0.05) is 30.3 Å². The highest BCUT2D eigenvalue weighted by Crippen LogP contribution is 2.33. The number of piperidine rings is 1. The number of hydrogen-bond donors (Lipinski definition) is 2. The van der Waals surface area contributed by atoms with Gasteiger partial charge in [0.25, 0.3) is 6.01 Å². The van der Waals surface area contributed by atoms with Crippen LogP contribution in [0.3, 0.4) is 0 Å². The molecule has 0 unspecified atom stereocenters. The monoisotopic (exact) mass is 369 g/mol. The van der Waals surface area contributed by atoms with Crippen LogP contribution in [0.1, 0.15) is 34.7 Å². The number of anilines is 1. The van der Waals surface area contributed by atoms with Gasteiger partial charge in [-0.15, -0.1) is 0 Å². The normalized spacial score (nSPS) is 16.6. The Morgan fingerprint density at radius 1 is 1.27 bits per heavy atom. The Hall–Kier alpha value is -2.55. The van der Waals surface area contributed by atoms with Crippen molar-refractivity contribution in [1.29, 1.82) is 0 Å². The number of likely N-dealkylation sites (tertiary alicyclic amines) is 1. The molecule has 0 spiro atoms. The second-order valence-corrected chi connectivity index (χ2v) is 6.18. The largest absolute Gasteiger partial charge is 0.475 e. The van der Waals surface area contributed by atoms with Gasteiger partial charge in [0.15, 0.2) is 5.69 Å². The van der Waals surface area contributed by atoms with Crippen LogP contribution < -0.4 is 5.32 Å². The second kappa shape index (κ2) is 7.36. The summed E-state index contributed by atoms with van der Waals surface area (Å²) >= 11 is 0. The van der Waals surface area contributed by atoms with E-state index in [2.05, 4.69) is 15.2 Å². The molecule has 2 aromatic rings. The highest BCUT2D eigenvalue weighted by Gasteiger charge is 2.41. The van der Waals surface area contributed by atoms with Gasteiger partial charge in [-0.05, 0) is 18.4 Å². The number of oxazole rings is 1. The number of hydrogen-bond acceptors (Lipinski definition) is 5. The topological polar surface area (TPSA) is 78.6 Å². The Bertz CT molecular complexity index is 754. The molecule has 0 radical (unpaired) electrons. The van der Waals surface area contributed by atoms with Crippen LogP contribution in [0.2, 0.25) is 0 Å². The fraction of sp³-hybridized carbons (Fsp3) is 0.412. The van der Waals surface area contributed by atoms with Crippen LogP contribution in [0, 0.1) is 0 Å². The second-order valence-electron chi connectivity index (χ2n) is 6.18. The minimum absolute atomic E-state index is 0.122. The van der Waals surface area contributed by atoms with E-state index in [1.54, 1.807) is 0 Å². The zero-order valence-electron chi connectivity index (χ0n) is 13.8. The number of benzene rings is 1. The number of aromatic carboxylic acids is 1. The van der Waals surface area contributed by atoms with Gasteiger partial charge in [0, 0.05) is 25.7 Å². The molecule has 0 amide bonds. The molecule has 140 valence electrons. The van der Waals surface area contributed by atoms with Crippen molar-refractivity contribution in [2.45, 2.75) is 31.6 Å². The molecule has 0 aliphatic carbocycles. The third-order valence-corrected chi connectivity index (χ3v) is 4.25. The van der Waals surface area contributed by atoms with Gasteiger partial charge >= 0.3 is 12.1 Å². The summed E-state index contributed by atoms with van der Waals surface area (Å²) < 4.78 is 43.3. The molecule has 6 nitrogen and oxygen atoms in total. The molecule has 1 aromatic carbocycles. The van der Waals surface area contributed by atoms with Crippen molar-refractivity contribution in [3.8, 4) is 0 Å². The molecule has 1 aliphatic rings. The smallest absolute Gasteiger partial charge is 0.437 e. The maximum absolute atomic E-state index is 12.8. The number of carbonyl (C=O) groups is 1. The first-order chi connectivity index (χ1) is 12.3. The van der Waals surface area contributed by atoms with Crippen molar-refractivity contribution in [2.24, 2.45) is 0 Å². The number of halogens is 3. The van der Waals surface area contributed by atoms with E-state index in [0.717, 1.165) is 19.6 Å². The van der Waals surface area contributed by atoms with Crippen LogP contribution in [0.4, 0.5) is 19.2 Å². The average Bonchev–Trinajstić information content (AvgIpc) is 3.02. The van der Waals surface area contributed by atoms with Crippen molar-refractivity contribution in [3.63, 3.8) is 0 Å². The van der Waals surface area contributed by atoms with Crippen LogP contribution in [0.25, 0.3) is 0 Å². The summed E-state index contributed by atoms with van der Waals surface area (Å²) in [5, 5.41) is 11.6. The van der Waals surface area contributed by atoms with Crippen LogP contribution in [-0.4, -0.2) is 40.1 Å². The molecule has 2 heterocycles. The minimum atomic E-state index is -4.88. The zero-order valence-corrected chi connectivity index (χ0v) is 13.8. The number of carboxylic acid groups (broad SMARTS) is 1. The zero-order chi connectivity index (χ0) is 18.7. The fourth-order valence-corrected chi connectivity index (χ4v) is 2.97. The number of nitrogens with one attached hydrogen (secondary N) is 1. The number of nitrogens with zero attached hydrogens (tertiary/aromatic N) is 2. The highest BCUT2D eigenvalue weighted by atomic mass is 19.4. The van der Waals surface area contributed by atoms with E-state index in [-0.39, 0.29) is 6.04 Å². The lowest BCUT2D eigenvalue weighted by Gasteiger charge is -2.32. The van der Waals surface area contributed by atoms with Crippen LogP contribution >= 0.6 is 0 Å². The molecular weight excluding hydrogens is 351 g/mol. The van der Waals surface area contributed by atoms with Gasteiger partial charge in [0.05, 0.1) is 0 Å². The maximum Gasteiger partial charge on any atom is 0.437 e. The maximum atomic E-state index is 12.8. The van der Waals surface area contributed by atoms with Crippen molar-refractivity contribution in [2.75, 3.05) is 18.4 Å². The van der Waals surface area contributed by atoms with E-state index in [9.17, 15) is 18.0 Å². The number of aromatic nitrogens is 1. The van der Waals surface area contributed by atoms with Gasteiger partial charge in [-0.3, -0.25) is 4.90 Å². The molecular formula is C17H18F3N3O3. The SMILES string of the molecule is O=C(O)c1oc(NC2CCN(Cc3ccccc3)CC2)nc1C(F)(F)F. The Labute approximate surface area is 147 Å². The quantitative estimate of drug-likeness (QED) is 0.840. The Morgan fingerprint density at radius 2 is 1.92 bits per heavy atom. The van der Waals surface area contributed by atoms with Crippen LogP contribution in [0.15, 0.2) is 34.7 Å². The molecule has 0 bridgehead atoms. The van der Waals surface area contributed by atoms with Gasteiger partial charge in [-0.2, -0.15) is 18.2 Å². The first kappa shape index (κ1) is 18.2. The number of rotatable bonds is 5. The van der Waals surface area contributed by atoms with Crippen molar-refractivity contribution in [3.05, 3.63) is 47.3 Å². The lowest BCUT2D eigenvalue weighted by Crippen LogP contribution is -2.38. The summed E-state index contributed by atoms with van der Waals surface area (Å²) in [5.41, 5.74) is -0.318. The summed E-state index contributed by atoms with van der Waals surface area (Å²) in [6, 6.07) is 9.47. The van der Waals surface area contributed by atoms with Crippen LogP contribution in [-0.2, 0) is 12.7 Å². The standard InChI is InChI=1S/C17H18F3N3O3/c18-17(19,20)14-13(15(24)25)26-16(22-14)21-12-6-8-23(9-7-12)10-11-4-2-1-3-5-11/h1-5,12H,6-10H2,(H,21,22)(H,24,25). The molecule has 9 heteroatoms. The Kier molecular flexibility index (Phi) is 5.17. The molecule has 1 saturated heterocycles. The first-order valence-corrected chi connectivity index (χ1v) is 8.17. The van der Waals surface area contributed by atoms with Crippen molar-refractivity contribution in [1.82, 2.24) is 9.88 Å². The Morgan fingerprint density at radius 3 is 2.46 bits per heavy atom. The van der Waals surface area contributed by atoms with Gasteiger partial charge in [0.2, 0.25) is 5.76 Å². The average molecular weight is 369 g/mol.